The number of nitrogens with one attached hydrogen (secondary N) is 2. The number of hydrogen-bond acceptors (Lipinski definition) is 9. The van der Waals surface area contributed by atoms with Gasteiger partial charge in [-0.1, -0.05) is 19.1 Å². The van der Waals surface area contributed by atoms with Crippen LogP contribution in [0.25, 0.3) is 22.0 Å². The summed E-state index contributed by atoms with van der Waals surface area (Å²) in [5.41, 5.74) is 1.76. The number of Topliss-reactive ketones (excluding diaryl/α,β-unsaturated/α-hetero) is 1. The molecule has 3 aromatic heterocycles. The van der Waals surface area contributed by atoms with Gasteiger partial charge in [0.15, 0.2) is 5.78 Å². The van der Waals surface area contributed by atoms with E-state index in [0.29, 0.717) is 26.9 Å². The molecule has 262 valence electrons. The molecule has 0 spiro atoms. The van der Waals surface area contributed by atoms with Crippen LogP contribution in [0.2, 0.25) is 0 Å². The van der Waals surface area contributed by atoms with E-state index >= 15 is 0 Å². The van der Waals surface area contributed by atoms with Crippen LogP contribution < -0.4 is 10.6 Å². The van der Waals surface area contributed by atoms with Crippen molar-refractivity contribution in [3.8, 4) is 11.1 Å². The van der Waals surface area contributed by atoms with Crippen LogP contribution in [-0.2, 0) is 32.3 Å². The fourth-order valence-corrected chi connectivity index (χ4v) is 6.60. The Balaban J connectivity index is 1.32. The second kappa shape index (κ2) is 13.9. The van der Waals surface area contributed by atoms with Crippen LogP contribution in [-0.4, -0.2) is 84.8 Å². The third kappa shape index (κ3) is 7.40. The maximum Gasteiger partial charge on any atom is 0.324 e. The van der Waals surface area contributed by atoms with E-state index in [1.54, 1.807) is 50.5 Å². The zero-order valence-electron chi connectivity index (χ0n) is 27.6. The summed E-state index contributed by atoms with van der Waals surface area (Å²) in [7, 11) is 0. The SMILES string of the molecule is CC(=O)c1nn(CC(=O)N2C[C@@]3(C)CNC(=O)C(F)(F)CCCOCc4ccc(Br)nc4NC(=O)[C@@H]2C3)c2ccc(-c3cnc(C)nc3)cc12. The molecule has 0 saturated carbocycles. The number of aryl methyl sites for hydroxylation is 1. The molecular formula is C34H35BrF2N8O5. The average Bonchev–Trinajstić information content (AvgIpc) is 3.62. The predicted octanol–water partition coefficient (Wildman–Crippen LogP) is 4.47. The van der Waals surface area contributed by atoms with Gasteiger partial charge in [0, 0.05) is 67.4 Å². The summed E-state index contributed by atoms with van der Waals surface area (Å²) in [4.78, 5) is 67.5. The largest absolute Gasteiger partial charge is 0.377 e. The first-order chi connectivity index (χ1) is 23.7. The topological polar surface area (TPSA) is 161 Å². The first-order valence-electron chi connectivity index (χ1n) is 16.0. The van der Waals surface area contributed by atoms with Crippen molar-refractivity contribution in [2.24, 2.45) is 5.41 Å². The number of alkyl halides is 2. The van der Waals surface area contributed by atoms with Crippen LogP contribution in [0, 0.1) is 12.3 Å². The number of ketones is 1. The number of ether oxygens (including phenoxy) is 1. The van der Waals surface area contributed by atoms with Crippen molar-refractivity contribution in [1.82, 2.24) is 34.9 Å². The predicted molar refractivity (Wildman–Crippen MR) is 181 cm³/mol. The molecule has 0 unspecified atom stereocenters. The van der Waals surface area contributed by atoms with Gasteiger partial charge in [-0.2, -0.15) is 13.9 Å². The van der Waals surface area contributed by atoms with Crippen molar-refractivity contribution >= 4 is 56.2 Å². The summed E-state index contributed by atoms with van der Waals surface area (Å²) in [5.74, 6) is -5.58. The van der Waals surface area contributed by atoms with Crippen molar-refractivity contribution in [2.45, 2.75) is 65.1 Å². The number of halogens is 3. The van der Waals surface area contributed by atoms with E-state index < -0.39 is 41.5 Å². The number of nitrogens with zero attached hydrogens (tertiary/aromatic N) is 6. The quantitative estimate of drug-likeness (QED) is 0.226. The second-order valence-electron chi connectivity index (χ2n) is 13.0. The lowest BCUT2D eigenvalue weighted by Gasteiger charge is -2.26. The molecule has 1 saturated heterocycles. The van der Waals surface area contributed by atoms with Crippen LogP contribution in [0.15, 0.2) is 47.3 Å². The van der Waals surface area contributed by atoms with Gasteiger partial charge in [0.25, 0.3) is 5.91 Å². The number of benzene rings is 1. The van der Waals surface area contributed by atoms with Gasteiger partial charge in [0.1, 0.15) is 34.5 Å². The van der Waals surface area contributed by atoms with Gasteiger partial charge in [0.2, 0.25) is 11.8 Å². The molecule has 2 bridgehead atoms. The van der Waals surface area contributed by atoms with Crippen LogP contribution in [0.4, 0.5) is 14.6 Å². The number of rotatable bonds is 4. The monoisotopic (exact) mass is 752 g/mol. The van der Waals surface area contributed by atoms with Gasteiger partial charge in [0.05, 0.1) is 12.1 Å². The lowest BCUT2D eigenvalue weighted by atomic mass is 9.87. The molecule has 5 heterocycles. The summed E-state index contributed by atoms with van der Waals surface area (Å²) in [6.45, 7) is 4.28. The van der Waals surface area contributed by atoms with Crippen molar-refractivity contribution in [3.63, 3.8) is 0 Å². The highest BCUT2D eigenvalue weighted by molar-refractivity contribution is 9.10. The maximum atomic E-state index is 14.7. The van der Waals surface area contributed by atoms with Crippen molar-refractivity contribution in [1.29, 1.82) is 0 Å². The smallest absolute Gasteiger partial charge is 0.324 e. The number of carbonyl (C=O) groups excluding carboxylic acids is 4. The number of aromatic nitrogens is 5. The zero-order valence-corrected chi connectivity index (χ0v) is 29.2. The molecule has 2 aliphatic heterocycles. The number of anilines is 1. The summed E-state index contributed by atoms with van der Waals surface area (Å²) in [6, 6.07) is 7.66. The minimum atomic E-state index is -3.63. The minimum absolute atomic E-state index is 0.0199. The van der Waals surface area contributed by atoms with E-state index in [1.807, 2.05) is 6.07 Å². The van der Waals surface area contributed by atoms with Gasteiger partial charge < -0.3 is 20.3 Å². The van der Waals surface area contributed by atoms with E-state index in [0.717, 1.165) is 11.1 Å². The molecule has 4 aromatic rings. The van der Waals surface area contributed by atoms with Crippen LogP contribution in [0.1, 0.15) is 55.0 Å². The third-order valence-electron chi connectivity index (χ3n) is 8.95. The lowest BCUT2D eigenvalue weighted by Crippen LogP contribution is -2.46. The Morgan fingerprint density at radius 1 is 1.12 bits per heavy atom. The summed E-state index contributed by atoms with van der Waals surface area (Å²) in [6.07, 6.45) is 2.65. The van der Waals surface area contributed by atoms with E-state index in [2.05, 4.69) is 46.6 Å². The normalized spacial score (nSPS) is 21.4. The fraction of sp³-hybridized carbons (Fsp3) is 0.412. The molecule has 3 amide bonds. The molecule has 50 heavy (non-hydrogen) atoms. The van der Waals surface area contributed by atoms with E-state index in [9.17, 15) is 28.0 Å². The minimum Gasteiger partial charge on any atom is -0.377 e. The Morgan fingerprint density at radius 3 is 2.62 bits per heavy atom. The Bertz CT molecular complexity index is 1990. The molecule has 0 radical (unpaired) electrons. The summed E-state index contributed by atoms with van der Waals surface area (Å²) >= 11 is 3.32. The van der Waals surface area contributed by atoms with E-state index in [4.69, 9.17) is 4.74 Å². The molecule has 2 aliphatic rings. The molecular weight excluding hydrogens is 718 g/mol. The number of amides is 3. The Labute approximate surface area is 294 Å². The molecule has 2 N–H and O–H groups in total. The standard InChI is InChI=1S/C34H35BrF2N8O5/c1-19(46)29-24-11-21(23-13-38-20(2)39-14-23)5-7-25(24)45(43-29)15-28(47)44-18-33(3)12-26(44)31(48)42-30-22(6-8-27(35)41-30)16-50-10-4-9-34(36,37)32(49)40-17-33/h5-8,11,13-14,26H,4,9-10,12,15-18H2,1-3H3,(H,40,49)(H,41,42,48)/t26-,33+/m0/s1. The van der Waals surface area contributed by atoms with Gasteiger partial charge >= 0.3 is 5.92 Å². The van der Waals surface area contributed by atoms with Crippen LogP contribution >= 0.6 is 15.9 Å². The lowest BCUT2D eigenvalue weighted by molar-refractivity contribution is -0.147. The second-order valence-corrected chi connectivity index (χ2v) is 13.9. The number of hydrogen-bond donors (Lipinski definition) is 2. The number of likely N-dealkylation sites (tertiary alicyclic amines) is 1. The third-order valence-corrected chi connectivity index (χ3v) is 9.39. The molecule has 0 aliphatic carbocycles. The molecule has 13 nitrogen and oxygen atoms in total. The maximum absolute atomic E-state index is 14.7. The van der Waals surface area contributed by atoms with Gasteiger partial charge in [-0.25, -0.2) is 15.0 Å². The first kappa shape index (κ1) is 35.1. The molecule has 6 rings (SSSR count). The van der Waals surface area contributed by atoms with Gasteiger partial charge in [-0.15, -0.1) is 0 Å². The Kier molecular flexibility index (Phi) is 9.77. The van der Waals surface area contributed by atoms with Crippen LogP contribution in [0.3, 0.4) is 0 Å². The van der Waals surface area contributed by atoms with E-state index in [1.165, 1.54) is 16.5 Å². The van der Waals surface area contributed by atoms with Gasteiger partial charge in [-0.05, 0) is 59.5 Å². The molecule has 1 aromatic carbocycles. The van der Waals surface area contributed by atoms with Crippen LogP contribution in [0.5, 0.6) is 0 Å². The van der Waals surface area contributed by atoms with Crippen molar-refractivity contribution in [2.75, 3.05) is 25.0 Å². The molecule has 2 atom stereocenters. The fourth-order valence-electron chi connectivity index (χ4n) is 6.29. The summed E-state index contributed by atoms with van der Waals surface area (Å²) in [5, 5.41) is 10.2. The van der Waals surface area contributed by atoms with Crippen molar-refractivity contribution in [3.05, 3.63) is 64.4 Å². The average molecular weight is 754 g/mol. The summed E-state index contributed by atoms with van der Waals surface area (Å²) < 4.78 is 36.9. The number of fused-ring (bicyclic) bond motifs is 4. The number of carbonyl (C=O) groups is 4. The molecule has 1 fully saturated rings. The zero-order chi connectivity index (χ0) is 35.8. The highest BCUT2D eigenvalue weighted by Gasteiger charge is 2.48. The van der Waals surface area contributed by atoms with E-state index in [-0.39, 0.29) is 63.0 Å². The van der Waals surface area contributed by atoms with Crippen molar-refractivity contribution < 1.29 is 32.7 Å². The highest BCUT2D eigenvalue weighted by atomic mass is 79.9. The van der Waals surface area contributed by atoms with Gasteiger partial charge in [-0.3, -0.25) is 23.9 Å². The number of pyridine rings is 1. The first-order valence-corrected chi connectivity index (χ1v) is 16.8. The Hall–Kier alpha value is -4.70. The highest BCUT2D eigenvalue weighted by Crippen LogP contribution is 2.36. The molecule has 16 heteroatoms. The Morgan fingerprint density at radius 2 is 1.88 bits per heavy atom.